The molecule has 0 bridgehead atoms. The van der Waals surface area contributed by atoms with Gasteiger partial charge in [-0.2, -0.15) is 0 Å². The van der Waals surface area contributed by atoms with Gasteiger partial charge in [-0.25, -0.2) is 0 Å². The van der Waals surface area contributed by atoms with Gasteiger partial charge in [0.15, 0.2) is 0 Å². The lowest BCUT2D eigenvalue weighted by atomic mass is 10.1. The third-order valence-corrected chi connectivity index (χ3v) is 2.35. The first kappa shape index (κ1) is 14.4. The van der Waals surface area contributed by atoms with E-state index in [4.69, 9.17) is 4.74 Å². The molecule has 90 valence electrons. The zero-order chi connectivity index (χ0) is 11.9. The fourth-order valence-electron chi connectivity index (χ4n) is 1.05. The largest absolute Gasteiger partial charge is 0.377 e. The molecule has 4 heteroatoms. The van der Waals surface area contributed by atoms with E-state index in [2.05, 4.69) is 5.32 Å². The summed E-state index contributed by atoms with van der Waals surface area (Å²) >= 11 is 0. The molecule has 1 N–H and O–H groups in total. The normalized spacial score (nSPS) is 11.5. The Labute approximate surface area is 93.0 Å². The Balaban J connectivity index is 3.44. The third-order valence-electron chi connectivity index (χ3n) is 2.35. The van der Waals surface area contributed by atoms with Crippen LogP contribution in [0.15, 0.2) is 0 Å². The van der Waals surface area contributed by atoms with Crippen molar-refractivity contribution in [1.82, 2.24) is 10.2 Å². The Hall–Kier alpha value is -0.610. The Morgan fingerprint density at radius 3 is 2.47 bits per heavy atom. The highest BCUT2D eigenvalue weighted by Crippen LogP contribution is 2.04. The number of rotatable bonds is 7. The van der Waals surface area contributed by atoms with Crippen molar-refractivity contribution in [2.24, 2.45) is 0 Å². The highest BCUT2D eigenvalue weighted by molar-refractivity contribution is 5.75. The minimum absolute atomic E-state index is 0.133. The van der Waals surface area contributed by atoms with Gasteiger partial charge in [0, 0.05) is 34.2 Å². The molecule has 0 spiro atoms. The van der Waals surface area contributed by atoms with E-state index in [-0.39, 0.29) is 11.5 Å². The number of hydrogen-bond donors (Lipinski definition) is 1. The molecular weight excluding hydrogens is 192 g/mol. The van der Waals surface area contributed by atoms with Gasteiger partial charge in [0.1, 0.15) is 0 Å². The van der Waals surface area contributed by atoms with Crippen molar-refractivity contribution in [2.75, 3.05) is 34.3 Å². The lowest BCUT2D eigenvalue weighted by molar-refractivity contribution is -0.128. The van der Waals surface area contributed by atoms with Gasteiger partial charge in [-0.3, -0.25) is 4.79 Å². The summed E-state index contributed by atoms with van der Waals surface area (Å²) in [5, 5.41) is 3.28. The first-order chi connectivity index (χ1) is 6.89. The van der Waals surface area contributed by atoms with Crippen LogP contribution in [0.5, 0.6) is 0 Å². The van der Waals surface area contributed by atoms with Crippen LogP contribution in [0.2, 0.25) is 0 Å². The van der Waals surface area contributed by atoms with Crippen molar-refractivity contribution in [3.63, 3.8) is 0 Å². The maximum absolute atomic E-state index is 11.2. The summed E-state index contributed by atoms with van der Waals surface area (Å²) in [4.78, 5) is 12.9. The molecule has 0 aliphatic rings. The number of methoxy groups -OCH3 is 1. The van der Waals surface area contributed by atoms with Crippen molar-refractivity contribution in [3.8, 4) is 0 Å². The zero-order valence-electron chi connectivity index (χ0n) is 10.6. The van der Waals surface area contributed by atoms with Crippen molar-refractivity contribution >= 4 is 5.91 Å². The lowest BCUT2D eigenvalue weighted by Gasteiger charge is -2.23. The number of ether oxygens (including phenoxy) is 1. The average Bonchev–Trinajstić information content (AvgIpc) is 2.16. The van der Waals surface area contributed by atoms with Gasteiger partial charge < -0.3 is 15.0 Å². The molecule has 0 atom stereocenters. The lowest BCUT2D eigenvalue weighted by Crippen LogP contribution is -2.37. The molecular formula is C11H24N2O2. The molecule has 0 rings (SSSR count). The molecule has 0 aliphatic carbocycles. The van der Waals surface area contributed by atoms with Crippen LogP contribution in [0.1, 0.15) is 26.7 Å². The van der Waals surface area contributed by atoms with E-state index in [1.807, 2.05) is 13.8 Å². The second-order valence-corrected chi connectivity index (χ2v) is 4.53. The van der Waals surface area contributed by atoms with Gasteiger partial charge in [-0.15, -0.1) is 0 Å². The zero-order valence-corrected chi connectivity index (χ0v) is 10.6. The quantitative estimate of drug-likeness (QED) is 0.642. The van der Waals surface area contributed by atoms with Crippen LogP contribution in [0.4, 0.5) is 0 Å². The maximum atomic E-state index is 11.2. The van der Waals surface area contributed by atoms with Gasteiger partial charge in [0.2, 0.25) is 5.91 Å². The summed E-state index contributed by atoms with van der Waals surface area (Å²) in [5.74, 6) is 0.183. The van der Waals surface area contributed by atoms with Crippen LogP contribution in [0, 0.1) is 0 Å². The van der Waals surface area contributed by atoms with Crippen LogP contribution < -0.4 is 5.32 Å². The topological polar surface area (TPSA) is 41.6 Å². The van der Waals surface area contributed by atoms with E-state index in [9.17, 15) is 4.79 Å². The van der Waals surface area contributed by atoms with E-state index < -0.39 is 0 Å². The summed E-state index contributed by atoms with van der Waals surface area (Å²) in [5.41, 5.74) is -0.133. The van der Waals surface area contributed by atoms with E-state index in [0.29, 0.717) is 6.42 Å². The van der Waals surface area contributed by atoms with Gasteiger partial charge in [-0.1, -0.05) is 0 Å². The molecule has 0 saturated carbocycles. The highest BCUT2D eigenvalue weighted by Gasteiger charge is 2.14. The van der Waals surface area contributed by atoms with E-state index >= 15 is 0 Å². The van der Waals surface area contributed by atoms with Crippen LogP contribution in [0.3, 0.4) is 0 Å². The third kappa shape index (κ3) is 7.33. The molecule has 0 aliphatic heterocycles. The van der Waals surface area contributed by atoms with Crippen LogP contribution >= 0.6 is 0 Å². The monoisotopic (exact) mass is 216 g/mol. The molecule has 0 aromatic carbocycles. The van der Waals surface area contributed by atoms with Gasteiger partial charge in [-0.05, 0) is 26.8 Å². The summed E-state index contributed by atoms with van der Waals surface area (Å²) in [6, 6.07) is 0. The number of carbonyl (C=O) groups excluding carboxylic acids is 1. The van der Waals surface area contributed by atoms with Gasteiger partial charge in [0.05, 0.1) is 5.60 Å². The minimum atomic E-state index is -0.133. The second kappa shape index (κ2) is 6.80. The molecule has 0 heterocycles. The van der Waals surface area contributed by atoms with Crippen LogP contribution in [0.25, 0.3) is 0 Å². The Morgan fingerprint density at radius 1 is 1.40 bits per heavy atom. The molecule has 0 unspecified atom stereocenters. The van der Waals surface area contributed by atoms with Crippen molar-refractivity contribution in [1.29, 1.82) is 0 Å². The second-order valence-electron chi connectivity index (χ2n) is 4.53. The standard InChI is InChI=1S/C11H24N2O2/c1-11(2,15-5)9-12-8-6-7-10(14)13(3)4/h12H,6-9H2,1-5H3. The van der Waals surface area contributed by atoms with Gasteiger partial charge in [0.25, 0.3) is 0 Å². The van der Waals surface area contributed by atoms with Crippen LogP contribution in [-0.2, 0) is 9.53 Å². The number of nitrogens with one attached hydrogen (secondary N) is 1. The van der Waals surface area contributed by atoms with E-state index in [1.54, 1.807) is 26.1 Å². The number of hydrogen-bond acceptors (Lipinski definition) is 3. The van der Waals surface area contributed by atoms with E-state index in [1.165, 1.54) is 0 Å². The summed E-state index contributed by atoms with van der Waals surface area (Å²) in [6.07, 6.45) is 1.48. The fraction of sp³-hybridized carbons (Fsp3) is 0.909. The van der Waals surface area contributed by atoms with Crippen molar-refractivity contribution in [3.05, 3.63) is 0 Å². The predicted molar refractivity (Wildman–Crippen MR) is 61.9 cm³/mol. The fourth-order valence-corrected chi connectivity index (χ4v) is 1.05. The number of nitrogens with zero attached hydrogens (tertiary/aromatic N) is 1. The summed E-state index contributed by atoms with van der Waals surface area (Å²) in [7, 11) is 5.27. The summed E-state index contributed by atoms with van der Waals surface area (Å²) < 4.78 is 5.27. The molecule has 15 heavy (non-hydrogen) atoms. The number of carbonyl (C=O) groups is 1. The first-order valence-corrected chi connectivity index (χ1v) is 5.35. The maximum Gasteiger partial charge on any atom is 0.222 e. The highest BCUT2D eigenvalue weighted by atomic mass is 16.5. The van der Waals surface area contributed by atoms with Gasteiger partial charge >= 0.3 is 0 Å². The molecule has 4 nitrogen and oxygen atoms in total. The predicted octanol–water partition coefficient (Wildman–Crippen LogP) is 0.869. The molecule has 0 aromatic rings. The molecule has 1 amide bonds. The minimum Gasteiger partial charge on any atom is -0.377 e. The average molecular weight is 216 g/mol. The van der Waals surface area contributed by atoms with Crippen LogP contribution in [-0.4, -0.2) is 50.7 Å². The molecule has 0 saturated heterocycles. The molecule has 0 fully saturated rings. The smallest absolute Gasteiger partial charge is 0.222 e. The first-order valence-electron chi connectivity index (χ1n) is 5.35. The molecule has 0 radical (unpaired) electrons. The Kier molecular flexibility index (Phi) is 6.52. The number of amides is 1. The SMILES string of the molecule is COC(C)(C)CNCCCC(=O)N(C)C. The molecule has 0 aromatic heterocycles. The Bertz CT molecular complexity index is 191. The van der Waals surface area contributed by atoms with Crippen molar-refractivity contribution < 1.29 is 9.53 Å². The summed E-state index contributed by atoms with van der Waals surface area (Å²) in [6.45, 7) is 5.72. The van der Waals surface area contributed by atoms with E-state index in [0.717, 1.165) is 19.5 Å². The Morgan fingerprint density at radius 2 is 2.00 bits per heavy atom. The van der Waals surface area contributed by atoms with Crippen molar-refractivity contribution in [2.45, 2.75) is 32.3 Å².